The number of nitrogens with one attached hydrogen (secondary N) is 1. The normalized spacial score (nSPS) is 12.9. The summed E-state index contributed by atoms with van der Waals surface area (Å²) in [6.07, 6.45) is 3.31. The summed E-state index contributed by atoms with van der Waals surface area (Å²) in [5, 5.41) is 13.4. The molecule has 1 rings (SSSR count). The molecule has 0 aliphatic rings. The van der Waals surface area contributed by atoms with Crippen molar-refractivity contribution in [3.63, 3.8) is 0 Å². The number of nitro groups is 1. The van der Waals surface area contributed by atoms with Crippen LogP contribution in [-0.2, 0) is 20.7 Å². The van der Waals surface area contributed by atoms with Gasteiger partial charge in [0.15, 0.2) is 0 Å². The van der Waals surface area contributed by atoms with E-state index in [1.165, 1.54) is 19.2 Å². The van der Waals surface area contributed by atoms with Crippen LogP contribution in [0.25, 0.3) is 0 Å². The van der Waals surface area contributed by atoms with Gasteiger partial charge >= 0.3 is 5.97 Å². The zero-order valence-electron chi connectivity index (χ0n) is 15.0. The van der Waals surface area contributed by atoms with Crippen LogP contribution in [0.15, 0.2) is 24.3 Å². The predicted octanol–water partition coefficient (Wildman–Crippen LogP) is 3.01. The van der Waals surface area contributed by atoms with Crippen molar-refractivity contribution < 1.29 is 19.2 Å². The first-order chi connectivity index (χ1) is 11.9. The lowest BCUT2D eigenvalue weighted by Crippen LogP contribution is -2.45. The van der Waals surface area contributed by atoms with Crippen molar-refractivity contribution in [3.05, 3.63) is 39.9 Å². The van der Waals surface area contributed by atoms with Gasteiger partial charge < -0.3 is 10.1 Å². The molecule has 0 spiro atoms. The number of nitrogens with zero attached hydrogens (tertiary/aromatic N) is 1. The van der Waals surface area contributed by atoms with Crippen molar-refractivity contribution in [1.29, 1.82) is 0 Å². The molecule has 0 fully saturated rings. The van der Waals surface area contributed by atoms with Gasteiger partial charge in [0.25, 0.3) is 5.69 Å². The van der Waals surface area contributed by atoms with Crippen LogP contribution in [0.2, 0.25) is 0 Å². The number of carbonyl (C=O) groups excluding carboxylic acids is 2. The number of unbranched alkanes of at least 4 members (excludes halogenated alkanes) is 1. The van der Waals surface area contributed by atoms with Crippen molar-refractivity contribution in [3.8, 4) is 0 Å². The topological polar surface area (TPSA) is 98.5 Å². The summed E-state index contributed by atoms with van der Waals surface area (Å²) >= 11 is 0. The molecule has 1 aromatic carbocycles. The first kappa shape index (κ1) is 20.6. The van der Waals surface area contributed by atoms with Crippen LogP contribution in [0.1, 0.15) is 45.1 Å². The van der Waals surface area contributed by atoms with Crippen LogP contribution in [0.5, 0.6) is 0 Å². The zero-order chi connectivity index (χ0) is 18.8. The molecule has 0 bridgehead atoms. The molecule has 0 aliphatic heterocycles. The third-order valence-corrected chi connectivity index (χ3v) is 4.25. The van der Waals surface area contributed by atoms with E-state index in [2.05, 4.69) is 5.32 Å². The molecule has 0 unspecified atom stereocenters. The second-order valence-corrected chi connectivity index (χ2v) is 6.08. The molecule has 0 aliphatic carbocycles. The molecule has 138 valence electrons. The molecular formula is C18H26N2O5. The fourth-order valence-electron chi connectivity index (χ4n) is 2.44. The second-order valence-electron chi connectivity index (χ2n) is 6.08. The maximum absolute atomic E-state index is 12.0. The summed E-state index contributed by atoms with van der Waals surface area (Å²) < 4.78 is 4.74. The average Bonchev–Trinajstić information content (AvgIpc) is 2.62. The van der Waals surface area contributed by atoms with Gasteiger partial charge in [-0.05, 0) is 30.7 Å². The number of amides is 1. The van der Waals surface area contributed by atoms with E-state index in [1.54, 1.807) is 12.1 Å². The molecule has 2 atom stereocenters. The smallest absolute Gasteiger partial charge is 0.328 e. The SMILES string of the molecule is CC[C@H](C)[C@H](NC(=O)CCCCc1ccc([N+](=O)[O-])cc1)C(=O)OC. The van der Waals surface area contributed by atoms with E-state index < -0.39 is 16.9 Å². The summed E-state index contributed by atoms with van der Waals surface area (Å²) in [6, 6.07) is 5.81. The third-order valence-electron chi connectivity index (χ3n) is 4.25. The van der Waals surface area contributed by atoms with Crippen LogP contribution in [0.4, 0.5) is 5.69 Å². The zero-order valence-corrected chi connectivity index (χ0v) is 15.0. The van der Waals surface area contributed by atoms with E-state index in [4.69, 9.17) is 4.74 Å². The highest BCUT2D eigenvalue weighted by Crippen LogP contribution is 2.14. The second kappa shape index (κ2) is 10.4. The monoisotopic (exact) mass is 350 g/mol. The number of ether oxygens (including phenoxy) is 1. The Labute approximate surface area is 147 Å². The van der Waals surface area contributed by atoms with Gasteiger partial charge in [-0.1, -0.05) is 32.4 Å². The average molecular weight is 350 g/mol. The van der Waals surface area contributed by atoms with E-state index in [0.29, 0.717) is 12.8 Å². The summed E-state index contributed by atoms with van der Waals surface area (Å²) in [4.78, 5) is 34.0. The minimum Gasteiger partial charge on any atom is -0.467 e. The molecule has 1 amide bonds. The standard InChI is InChI=1S/C18H26N2O5/c1-4-13(2)17(18(22)25-3)19-16(21)8-6-5-7-14-9-11-15(12-10-14)20(23)24/h9-13,17H,4-8H2,1-3H3,(H,19,21)/t13-,17-/m0/s1. The van der Waals surface area contributed by atoms with Crippen LogP contribution < -0.4 is 5.32 Å². The molecule has 0 radical (unpaired) electrons. The number of methoxy groups -OCH3 is 1. The fraction of sp³-hybridized carbons (Fsp3) is 0.556. The lowest BCUT2D eigenvalue weighted by atomic mass is 9.99. The van der Waals surface area contributed by atoms with Gasteiger partial charge in [-0.2, -0.15) is 0 Å². The Morgan fingerprint density at radius 3 is 2.40 bits per heavy atom. The quantitative estimate of drug-likeness (QED) is 0.303. The van der Waals surface area contributed by atoms with E-state index in [0.717, 1.165) is 24.8 Å². The molecule has 25 heavy (non-hydrogen) atoms. The highest BCUT2D eigenvalue weighted by Gasteiger charge is 2.26. The lowest BCUT2D eigenvalue weighted by Gasteiger charge is -2.21. The van der Waals surface area contributed by atoms with Gasteiger partial charge in [0.1, 0.15) is 6.04 Å². The summed E-state index contributed by atoms with van der Waals surface area (Å²) in [5.74, 6) is -0.579. The van der Waals surface area contributed by atoms with E-state index in [9.17, 15) is 19.7 Å². The first-order valence-corrected chi connectivity index (χ1v) is 8.49. The van der Waals surface area contributed by atoms with Crippen molar-refractivity contribution >= 4 is 17.6 Å². The number of aryl methyl sites for hydroxylation is 1. The van der Waals surface area contributed by atoms with Crippen molar-refractivity contribution in [1.82, 2.24) is 5.32 Å². The molecule has 1 aromatic rings. The highest BCUT2D eigenvalue weighted by molar-refractivity contribution is 5.84. The van der Waals surface area contributed by atoms with Crippen LogP contribution >= 0.6 is 0 Å². The Balaban J connectivity index is 2.38. The summed E-state index contributed by atoms with van der Waals surface area (Å²) in [5.41, 5.74) is 1.07. The first-order valence-electron chi connectivity index (χ1n) is 8.49. The summed E-state index contributed by atoms with van der Waals surface area (Å²) in [7, 11) is 1.31. The Morgan fingerprint density at radius 2 is 1.88 bits per heavy atom. The largest absolute Gasteiger partial charge is 0.467 e. The van der Waals surface area contributed by atoms with Gasteiger partial charge in [-0.15, -0.1) is 0 Å². The van der Waals surface area contributed by atoms with Crippen molar-refractivity contribution in [2.45, 2.75) is 52.0 Å². The van der Waals surface area contributed by atoms with Gasteiger partial charge in [-0.3, -0.25) is 14.9 Å². The number of nitro benzene ring substituents is 1. The molecule has 0 saturated carbocycles. The van der Waals surface area contributed by atoms with Gasteiger partial charge in [0, 0.05) is 18.6 Å². The Bertz CT molecular complexity index is 586. The van der Waals surface area contributed by atoms with Gasteiger partial charge in [-0.25, -0.2) is 4.79 Å². The maximum Gasteiger partial charge on any atom is 0.328 e. The van der Waals surface area contributed by atoms with E-state index in [1.807, 2.05) is 13.8 Å². The number of carbonyl (C=O) groups is 2. The van der Waals surface area contributed by atoms with Crippen LogP contribution in [0, 0.1) is 16.0 Å². The van der Waals surface area contributed by atoms with Gasteiger partial charge in [0.2, 0.25) is 5.91 Å². The number of hydrogen-bond donors (Lipinski definition) is 1. The molecule has 0 saturated heterocycles. The Kier molecular flexibility index (Phi) is 8.60. The maximum atomic E-state index is 12.0. The highest BCUT2D eigenvalue weighted by atomic mass is 16.6. The third kappa shape index (κ3) is 6.91. The molecule has 0 heterocycles. The van der Waals surface area contributed by atoms with E-state index >= 15 is 0 Å². The number of rotatable bonds is 10. The minimum absolute atomic E-state index is 0.0107. The molecular weight excluding hydrogens is 324 g/mol. The van der Waals surface area contributed by atoms with Crippen LogP contribution in [0.3, 0.4) is 0 Å². The summed E-state index contributed by atoms with van der Waals surface area (Å²) in [6.45, 7) is 3.85. The number of non-ortho nitro benzene ring substituents is 1. The number of hydrogen-bond acceptors (Lipinski definition) is 5. The van der Waals surface area contributed by atoms with Gasteiger partial charge in [0.05, 0.1) is 12.0 Å². The van der Waals surface area contributed by atoms with Crippen molar-refractivity contribution in [2.24, 2.45) is 5.92 Å². The Hall–Kier alpha value is -2.44. The predicted molar refractivity (Wildman–Crippen MR) is 94.1 cm³/mol. The van der Waals surface area contributed by atoms with Crippen LogP contribution in [-0.4, -0.2) is 30.0 Å². The van der Waals surface area contributed by atoms with E-state index in [-0.39, 0.29) is 17.5 Å². The molecule has 0 aromatic heterocycles. The van der Waals surface area contributed by atoms with Crippen molar-refractivity contribution in [2.75, 3.05) is 7.11 Å². The lowest BCUT2D eigenvalue weighted by molar-refractivity contribution is -0.384. The molecule has 1 N–H and O–H groups in total. The number of benzene rings is 1. The molecule has 7 heteroatoms. The molecule has 7 nitrogen and oxygen atoms in total. The minimum atomic E-state index is -0.614. The fourth-order valence-corrected chi connectivity index (χ4v) is 2.44. The number of esters is 1. The Morgan fingerprint density at radius 1 is 1.24 bits per heavy atom.